The summed E-state index contributed by atoms with van der Waals surface area (Å²) < 4.78 is 7.02. The molecule has 0 N–H and O–H groups in total. The first-order valence-corrected chi connectivity index (χ1v) is 9.14. The van der Waals surface area contributed by atoms with Gasteiger partial charge in [0.15, 0.2) is 5.78 Å². The predicted octanol–water partition coefficient (Wildman–Crippen LogP) is 4.59. The summed E-state index contributed by atoms with van der Waals surface area (Å²) in [4.78, 5) is 14.7. The molecule has 0 aliphatic rings. The Morgan fingerprint density at radius 3 is 2.50 bits per heavy atom. The highest BCUT2D eigenvalue weighted by Crippen LogP contribution is 2.32. The molecule has 114 valence electrons. The lowest BCUT2D eigenvalue weighted by molar-refractivity contribution is 0.0811. The molecule has 3 nitrogen and oxygen atoms in total. The zero-order valence-corrected chi connectivity index (χ0v) is 16.1. The van der Waals surface area contributed by atoms with Gasteiger partial charge in [-0.1, -0.05) is 13.8 Å². The summed E-state index contributed by atoms with van der Waals surface area (Å²) in [6.45, 7) is 6.21. The first-order valence-electron chi connectivity index (χ1n) is 6.74. The molecule has 0 bridgehead atoms. The molecule has 0 unspecified atom stereocenters. The number of halogens is 2. The van der Waals surface area contributed by atoms with Crippen molar-refractivity contribution in [2.75, 3.05) is 26.8 Å². The molecule has 0 aliphatic heterocycles. The quantitative estimate of drug-likeness (QED) is 0.540. The zero-order chi connectivity index (χ0) is 15.1. The second-order valence-corrected chi connectivity index (χ2v) is 8.34. The van der Waals surface area contributed by atoms with Crippen LogP contribution in [0.3, 0.4) is 0 Å². The first-order chi connectivity index (χ1) is 9.53. The fourth-order valence-corrected chi connectivity index (χ4v) is 5.06. The lowest BCUT2D eigenvalue weighted by Crippen LogP contribution is -2.40. The maximum Gasteiger partial charge on any atom is 0.178 e. The molecule has 1 rings (SSSR count). The van der Waals surface area contributed by atoms with Gasteiger partial charge in [0.25, 0.3) is 0 Å². The van der Waals surface area contributed by atoms with E-state index in [4.69, 9.17) is 4.74 Å². The molecule has 0 atom stereocenters. The Morgan fingerprint density at radius 1 is 1.40 bits per heavy atom. The molecule has 0 aromatic carbocycles. The molecule has 1 heterocycles. The van der Waals surface area contributed by atoms with Crippen LogP contribution in [0.25, 0.3) is 0 Å². The number of rotatable bonds is 9. The summed E-state index contributed by atoms with van der Waals surface area (Å²) in [6, 6.07) is 2.31. The summed E-state index contributed by atoms with van der Waals surface area (Å²) >= 11 is 8.41. The molecule has 0 saturated heterocycles. The first kappa shape index (κ1) is 18.3. The monoisotopic (exact) mass is 425 g/mol. The van der Waals surface area contributed by atoms with Crippen LogP contribution in [0.2, 0.25) is 0 Å². The largest absolute Gasteiger partial charge is 0.383 e. The zero-order valence-electron chi connectivity index (χ0n) is 12.1. The van der Waals surface area contributed by atoms with Crippen LogP contribution in [0.1, 0.15) is 37.0 Å². The predicted molar refractivity (Wildman–Crippen MR) is 91.9 cm³/mol. The second kappa shape index (κ2) is 9.30. The van der Waals surface area contributed by atoms with Crippen molar-refractivity contribution in [1.29, 1.82) is 0 Å². The average molecular weight is 427 g/mol. The summed E-state index contributed by atoms with van der Waals surface area (Å²) in [5.41, 5.74) is 0.759. The SMILES string of the molecule is CCC(CC)N(CCOC)CC(=O)c1cc(Br)sc1Br. The average Bonchev–Trinajstić information content (AvgIpc) is 2.76. The summed E-state index contributed by atoms with van der Waals surface area (Å²) in [7, 11) is 1.69. The molecule has 1 aromatic rings. The highest BCUT2D eigenvalue weighted by Gasteiger charge is 2.21. The van der Waals surface area contributed by atoms with Crippen LogP contribution in [-0.4, -0.2) is 43.5 Å². The van der Waals surface area contributed by atoms with Gasteiger partial charge in [-0.15, -0.1) is 11.3 Å². The van der Waals surface area contributed by atoms with Gasteiger partial charge in [0.1, 0.15) is 0 Å². The fourth-order valence-electron chi connectivity index (χ4n) is 2.20. The van der Waals surface area contributed by atoms with Gasteiger partial charge >= 0.3 is 0 Å². The molecule has 0 amide bonds. The van der Waals surface area contributed by atoms with Crippen LogP contribution in [0, 0.1) is 0 Å². The van der Waals surface area contributed by atoms with E-state index in [0.717, 1.165) is 32.5 Å². The number of nitrogens with zero attached hydrogens (tertiary/aromatic N) is 1. The Morgan fingerprint density at radius 2 is 2.05 bits per heavy atom. The van der Waals surface area contributed by atoms with Crippen molar-refractivity contribution in [1.82, 2.24) is 4.90 Å². The minimum atomic E-state index is 0.154. The normalized spacial score (nSPS) is 11.6. The molecule has 0 saturated carbocycles. The molecule has 1 aromatic heterocycles. The Labute approximate surface area is 141 Å². The summed E-state index contributed by atoms with van der Waals surface area (Å²) in [5, 5.41) is 0. The van der Waals surface area contributed by atoms with E-state index in [2.05, 4.69) is 50.6 Å². The molecule has 0 aliphatic carbocycles. The number of methoxy groups -OCH3 is 1. The third-order valence-corrected chi connectivity index (χ3v) is 5.68. The van der Waals surface area contributed by atoms with Crippen LogP contribution < -0.4 is 0 Å². The van der Waals surface area contributed by atoms with Gasteiger partial charge in [0.05, 0.1) is 20.7 Å². The van der Waals surface area contributed by atoms with Crippen molar-refractivity contribution < 1.29 is 9.53 Å². The maximum atomic E-state index is 12.5. The van der Waals surface area contributed by atoms with Crippen molar-refractivity contribution in [3.8, 4) is 0 Å². The van der Waals surface area contributed by atoms with Crippen LogP contribution in [0.4, 0.5) is 0 Å². The number of Topliss-reactive ketones (excluding diaryl/α,β-unsaturated/α-hetero) is 1. The Hall–Kier alpha value is 0.250. The molecular weight excluding hydrogens is 406 g/mol. The standard InChI is InChI=1S/C14H21Br2NO2S/c1-4-10(5-2)17(6-7-19-3)9-12(18)11-8-13(15)20-14(11)16/h8,10H,4-7,9H2,1-3H3. The van der Waals surface area contributed by atoms with Gasteiger partial charge in [0.2, 0.25) is 0 Å². The van der Waals surface area contributed by atoms with Crippen LogP contribution in [0.5, 0.6) is 0 Å². The molecule has 0 fully saturated rings. The van der Waals surface area contributed by atoms with Crippen molar-refractivity contribution in [2.45, 2.75) is 32.7 Å². The Balaban J connectivity index is 2.77. The van der Waals surface area contributed by atoms with Gasteiger partial charge in [-0.2, -0.15) is 0 Å². The molecule has 0 radical (unpaired) electrons. The van der Waals surface area contributed by atoms with E-state index in [1.807, 2.05) is 6.07 Å². The van der Waals surface area contributed by atoms with Crippen molar-refractivity contribution in [2.24, 2.45) is 0 Å². The van der Waals surface area contributed by atoms with E-state index in [1.165, 1.54) is 11.3 Å². The van der Waals surface area contributed by atoms with E-state index in [-0.39, 0.29) is 5.78 Å². The van der Waals surface area contributed by atoms with Crippen molar-refractivity contribution in [3.05, 3.63) is 19.2 Å². The number of hydrogen-bond donors (Lipinski definition) is 0. The second-order valence-electron chi connectivity index (χ2n) is 4.59. The minimum Gasteiger partial charge on any atom is -0.383 e. The number of ketones is 1. The van der Waals surface area contributed by atoms with Crippen molar-refractivity contribution >= 4 is 49.0 Å². The highest BCUT2D eigenvalue weighted by atomic mass is 79.9. The Bertz CT molecular complexity index is 433. The Kier molecular flexibility index (Phi) is 8.51. The third kappa shape index (κ3) is 5.22. The summed E-state index contributed by atoms with van der Waals surface area (Å²) in [6.07, 6.45) is 2.09. The van der Waals surface area contributed by atoms with Crippen molar-refractivity contribution in [3.63, 3.8) is 0 Å². The third-order valence-electron chi connectivity index (χ3n) is 3.35. The molecule has 0 spiro atoms. The highest BCUT2D eigenvalue weighted by molar-refractivity contribution is 9.12. The van der Waals surface area contributed by atoms with Gasteiger partial charge in [-0.3, -0.25) is 9.69 Å². The fraction of sp³-hybridized carbons (Fsp3) is 0.643. The molecule has 6 heteroatoms. The van der Waals surface area contributed by atoms with E-state index < -0.39 is 0 Å². The number of carbonyl (C=O) groups excluding carboxylic acids is 1. The van der Waals surface area contributed by atoms with Crippen LogP contribution in [-0.2, 0) is 4.74 Å². The summed E-state index contributed by atoms with van der Waals surface area (Å²) in [5.74, 6) is 0.154. The van der Waals surface area contributed by atoms with Gasteiger partial charge in [0, 0.05) is 25.3 Å². The lowest BCUT2D eigenvalue weighted by atomic mass is 10.1. The smallest absolute Gasteiger partial charge is 0.178 e. The van der Waals surface area contributed by atoms with Crippen LogP contribution >= 0.6 is 43.2 Å². The number of hydrogen-bond acceptors (Lipinski definition) is 4. The maximum absolute atomic E-state index is 12.5. The van der Waals surface area contributed by atoms with E-state index in [9.17, 15) is 4.79 Å². The van der Waals surface area contributed by atoms with E-state index >= 15 is 0 Å². The molecular formula is C14H21Br2NO2S. The number of ether oxygens (including phenoxy) is 1. The minimum absolute atomic E-state index is 0.154. The van der Waals surface area contributed by atoms with Gasteiger partial charge in [-0.25, -0.2) is 0 Å². The van der Waals surface area contributed by atoms with Gasteiger partial charge < -0.3 is 4.74 Å². The molecule has 20 heavy (non-hydrogen) atoms. The van der Waals surface area contributed by atoms with E-state index in [1.54, 1.807) is 7.11 Å². The van der Waals surface area contributed by atoms with Crippen LogP contribution in [0.15, 0.2) is 13.6 Å². The topological polar surface area (TPSA) is 29.5 Å². The lowest BCUT2D eigenvalue weighted by Gasteiger charge is -2.29. The number of thiophene rings is 1. The number of carbonyl (C=O) groups is 1. The van der Waals surface area contributed by atoms with E-state index in [0.29, 0.717) is 19.2 Å². The van der Waals surface area contributed by atoms with Gasteiger partial charge in [-0.05, 0) is 50.8 Å².